The highest BCUT2D eigenvalue weighted by molar-refractivity contribution is 6.02. The molecule has 132 valence electrons. The number of rotatable bonds is 3. The zero-order chi connectivity index (χ0) is 18.1. The first-order chi connectivity index (χ1) is 12.6. The van der Waals surface area contributed by atoms with E-state index >= 15 is 0 Å². The Bertz CT molecular complexity index is 988. The number of benzene rings is 2. The Morgan fingerprint density at radius 1 is 1.04 bits per heavy atom. The monoisotopic (exact) mass is 345 g/mol. The van der Waals surface area contributed by atoms with Gasteiger partial charge in [-0.15, -0.1) is 0 Å². The van der Waals surface area contributed by atoms with Gasteiger partial charge in [-0.1, -0.05) is 24.3 Å². The van der Waals surface area contributed by atoms with Gasteiger partial charge in [-0.3, -0.25) is 0 Å². The van der Waals surface area contributed by atoms with Gasteiger partial charge in [0.1, 0.15) is 17.2 Å². The van der Waals surface area contributed by atoms with Crippen molar-refractivity contribution in [1.82, 2.24) is 4.98 Å². The van der Waals surface area contributed by atoms with Crippen LogP contribution in [0, 0.1) is 6.92 Å². The van der Waals surface area contributed by atoms with E-state index in [1.165, 1.54) is 23.5 Å². The number of fused-ring (bicyclic) bond motifs is 1. The van der Waals surface area contributed by atoms with Crippen LogP contribution in [0.3, 0.4) is 0 Å². The number of para-hydroxylation sites is 1. The summed E-state index contributed by atoms with van der Waals surface area (Å²) < 4.78 is 2.40. The molecule has 0 unspecified atom stereocenters. The van der Waals surface area contributed by atoms with E-state index in [1.54, 1.807) is 0 Å². The van der Waals surface area contributed by atoms with E-state index < -0.39 is 0 Å². The number of nitrogens with one attached hydrogen (secondary N) is 1. The largest absolute Gasteiger partial charge is 0.363 e. The lowest BCUT2D eigenvalue weighted by molar-refractivity contribution is -0.431. The van der Waals surface area contributed by atoms with Gasteiger partial charge in [-0.25, -0.2) is 14.9 Å². The Balaban J connectivity index is 1.80. The number of nitrogens with zero attached hydrogens (tertiary/aromatic N) is 3. The Morgan fingerprint density at radius 3 is 2.69 bits per heavy atom. The van der Waals surface area contributed by atoms with E-state index in [9.17, 15) is 0 Å². The van der Waals surface area contributed by atoms with Crippen LogP contribution in [0.1, 0.15) is 18.4 Å². The van der Waals surface area contributed by atoms with Crippen LogP contribution in [0.25, 0.3) is 10.9 Å². The smallest absolute Gasteiger partial charge is 0.255 e. The molecule has 1 aliphatic heterocycles. The summed E-state index contributed by atoms with van der Waals surface area (Å²) in [7, 11) is 4.06. The topological polar surface area (TPSA) is 31.2 Å². The van der Waals surface area contributed by atoms with E-state index in [0.29, 0.717) is 0 Å². The van der Waals surface area contributed by atoms with Crippen molar-refractivity contribution in [3.05, 3.63) is 60.2 Å². The molecule has 0 saturated carbocycles. The molecule has 1 N–H and O–H groups in total. The van der Waals surface area contributed by atoms with Gasteiger partial charge in [0.05, 0.1) is 18.5 Å². The molecule has 0 bridgehead atoms. The Morgan fingerprint density at radius 2 is 1.88 bits per heavy atom. The van der Waals surface area contributed by atoms with Gasteiger partial charge in [0, 0.05) is 25.5 Å². The summed E-state index contributed by atoms with van der Waals surface area (Å²) in [6, 6.07) is 19.2. The normalized spacial score (nSPS) is 14.1. The fraction of sp³-hybridized carbons (Fsp3) is 0.273. The fourth-order valence-electron chi connectivity index (χ4n) is 3.53. The van der Waals surface area contributed by atoms with Gasteiger partial charge < -0.3 is 4.90 Å². The zero-order valence-electron chi connectivity index (χ0n) is 15.7. The Hall–Kier alpha value is -2.88. The Labute approximate surface area is 154 Å². The van der Waals surface area contributed by atoms with E-state index in [1.807, 2.05) is 20.2 Å². The molecule has 0 saturated heterocycles. The van der Waals surface area contributed by atoms with E-state index in [2.05, 4.69) is 70.2 Å². The molecular weight excluding hydrogens is 320 g/mol. The summed E-state index contributed by atoms with van der Waals surface area (Å²) in [5.74, 6) is 2.23. The molecule has 3 aromatic rings. The summed E-state index contributed by atoms with van der Waals surface area (Å²) in [6.45, 7) is 3.20. The molecule has 0 fully saturated rings. The van der Waals surface area contributed by atoms with Crippen LogP contribution in [0.15, 0.2) is 54.6 Å². The van der Waals surface area contributed by atoms with Crippen molar-refractivity contribution in [2.45, 2.75) is 19.8 Å². The highest BCUT2D eigenvalue weighted by Gasteiger charge is 2.24. The molecule has 1 aliphatic rings. The number of aromatic nitrogens is 1. The van der Waals surface area contributed by atoms with E-state index in [0.717, 1.165) is 35.4 Å². The fourth-order valence-corrected chi connectivity index (χ4v) is 3.53. The first-order valence-electron chi connectivity index (χ1n) is 9.16. The van der Waals surface area contributed by atoms with Crippen molar-refractivity contribution in [1.29, 1.82) is 0 Å². The third-order valence-electron chi connectivity index (χ3n) is 4.87. The number of hydrogen-bond donors (Lipinski definition) is 1. The molecule has 2 aromatic carbocycles. The standard InChI is InChI=1S/C22H24N4/c1-16-8-6-9-17(14-16)26-13-7-12-21(26)24-20-15-22(25(2)3)23-19-11-5-4-10-18(19)20/h4-6,8-11,14-15H,7,12-13H2,1-3H3/p+1. The van der Waals surface area contributed by atoms with Crippen molar-refractivity contribution >= 4 is 33.9 Å². The first-order valence-corrected chi connectivity index (χ1v) is 9.16. The second kappa shape index (κ2) is 6.79. The molecule has 0 amide bonds. The number of amidine groups is 1. The van der Waals surface area contributed by atoms with Crippen LogP contribution in [0.2, 0.25) is 0 Å². The lowest BCUT2D eigenvalue weighted by atomic mass is 10.1. The van der Waals surface area contributed by atoms with Gasteiger partial charge >= 0.3 is 0 Å². The van der Waals surface area contributed by atoms with Gasteiger partial charge in [0.15, 0.2) is 0 Å². The van der Waals surface area contributed by atoms with Crippen LogP contribution in [-0.4, -0.2) is 36.0 Å². The molecule has 26 heavy (non-hydrogen) atoms. The summed E-state index contributed by atoms with van der Waals surface area (Å²) in [4.78, 5) is 6.81. The minimum Gasteiger partial charge on any atom is -0.363 e. The molecule has 1 aromatic heterocycles. The number of hydrogen-bond acceptors (Lipinski definition) is 3. The SMILES string of the molecule is Cc1cccc([N+]2=C(Nc3cc(N(C)C)nc4ccccc34)CCC2)c1. The van der Waals surface area contributed by atoms with Crippen LogP contribution >= 0.6 is 0 Å². The minimum absolute atomic E-state index is 0.965. The summed E-state index contributed by atoms with van der Waals surface area (Å²) in [5.41, 5.74) is 4.69. The van der Waals surface area contributed by atoms with Gasteiger partial charge in [0.2, 0.25) is 0 Å². The Kier molecular flexibility index (Phi) is 4.33. The van der Waals surface area contributed by atoms with Crippen molar-refractivity contribution in [3.8, 4) is 0 Å². The first kappa shape index (κ1) is 16.6. The summed E-state index contributed by atoms with van der Waals surface area (Å²) in [6.07, 6.45) is 2.22. The quantitative estimate of drug-likeness (QED) is 0.706. The summed E-state index contributed by atoms with van der Waals surface area (Å²) >= 11 is 0. The maximum absolute atomic E-state index is 4.76. The van der Waals surface area contributed by atoms with Crippen molar-refractivity contribution in [2.75, 3.05) is 30.9 Å². The number of anilines is 2. The van der Waals surface area contributed by atoms with E-state index in [-0.39, 0.29) is 0 Å². The van der Waals surface area contributed by atoms with Crippen LogP contribution in [-0.2, 0) is 0 Å². The molecule has 0 radical (unpaired) electrons. The molecule has 4 rings (SSSR count). The van der Waals surface area contributed by atoms with Gasteiger partial charge in [0.25, 0.3) is 5.84 Å². The molecule has 0 aliphatic carbocycles. The highest BCUT2D eigenvalue weighted by atomic mass is 15.2. The molecule has 0 spiro atoms. The average molecular weight is 345 g/mol. The second-order valence-electron chi connectivity index (χ2n) is 7.11. The maximum atomic E-state index is 4.76. The van der Waals surface area contributed by atoms with Gasteiger partial charge in [-0.05, 0) is 43.2 Å². The summed E-state index contributed by atoms with van der Waals surface area (Å²) in [5, 5.41) is 4.88. The molecule has 4 heteroatoms. The highest BCUT2D eigenvalue weighted by Crippen LogP contribution is 2.28. The van der Waals surface area contributed by atoms with Crippen LogP contribution < -0.4 is 10.2 Å². The predicted molar refractivity (Wildman–Crippen MR) is 110 cm³/mol. The number of pyridine rings is 1. The van der Waals surface area contributed by atoms with E-state index in [4.69, 9.17) is 4.98 Å². The van der Waals surface area contributed by atoms with Crippen LogP contribution in [0.5, 0.6) is 0 Å². The minimum atomic E-state index is 0.965. The lowest BCUT2D eigenvalue weighted by Crippen LogP contribution is -2.19. The predicted octanol–water partition coefficient (Wildman–Crippen LogP) is 4.56. The third-order valence-corrected chi connectivity index (χ3v) is 4.87. The zero-order valence-corrected chi connectivity index (χ0v) is 15.7. The molecule has 0 atom stereocenters. The van der Waals surface area contributed by atoms with Crippen LogP contribution in [0.4, 0.5) is 17.2 Å². The van der Waals surface area contributed by atoms with Gasteiger partial charge in [-0.2, -0.15) is 0 Å². The third kappa shape index (κ3) is 3.15. The maximum Gasteiger partial charge on any atom is 0.255 e. The van der Waals surface area contributed by atoms with Crippen molar-refractivity contribution in [3.63, 3.8) is 0 Å². The lowest BCUT2D eigenvalue weighted by Gasteiger charge is -2.14. The molecule has 4 nitrogen and oxygen atoms in total. The average Bonchev–Trinajstić information content (AvgIpc) is 3.09. The molecular formula is C22H25N4+. The molecule has 2 heterocycles. The number of aryl methyl sites for hydroxylation is 1. The van der Waals surface area contributed by atoms with Crippen molar-refractivity contribution in [2.24, 2.45) is 0 Å². The van der Waals surface area contributed by atoms with Crippen molar-refractivity contribution < 1.29 is 4.58 Å². The second-order valence-corrected chi connectivity index (χ2v) is 7.11.